The van der Waals surface area contributed by atoms with Crippen molar-refractivity contribution in [3.05, 3.63) is 35.7 Å². The van der Waals surface area contributed by atoms with Gasteiger partial charge in [0, 0.05) is 5.25 Å². The third kappa shape index (κ3) is 3.65. The van der Waals surface area contributed by atoms with Crippen LogP contribution in [0.15, 0.2) is 35.1 Å². The lowest BCUT2D eigenvalue weighted by Crippen LogP contribution is -2.71. The van der Waals surface area contributed by atoms with Gasteiger partial charge in [-0.05, 0) is 32.1 Å². The van der Waals surface area contributed by atoms with Gasteiger partial charge in [-0.2, -0.15) is 0 Å². The Labute approximate surface area is 164 Å². The molecule has 0 bridgehead atoms. The average molecular weight is 405 g/mol. The summed E-state index contributed by atoms with van der Waals surface area (Å²) in [5.41, 5.74) is 5.67. The number of thioether (sulfide) groups is 1. The fraction of sp³-hybridized carbons (Fsp3) is 0.353. The zero-order valence-electron chi connectivity index (χ0n) is 15.2. The Hall–Kier alpha value is -3.08. The molecule has 3 heterocycles. The van der Waals surface area contributed by atoms with Crippen LogP contribution in [0.25, 0.3) is 0 Å². The molecule has 10 nitrogen and oxygen atoms in total. The number of β-lactam (4-membered cyclic amide) rings is 1. The number of rotatable bonds is 6. The number of hydrogen-bond donors (Lipinski definition) is 3. The highest BCUT2D eigenvalue weighted by molar-refractivity contribution is 8.00. The summed E-state index contributed by atoms with van der Waals surface area (Å²) in [7, 11) is 0. The van der Waals surface area contributed by atoms with Gasteiger partial charge in [-0.3, -0.25) is 14.5 Å². The van der Waals surface area contributed by atoms with E-state index < -0.39 is 29.2 Å². The van der Waals surface area contributed by atoms with E-state index in [1.807, 2.05) is 6.92 Å². The van der Waals surface area contributed by atoms with Gasteiger partial charge in [0.1, 0.15) is 35.2 Å². The van der Waals surface area contributed by atoms with Gasteiger partial charge < -0.3 is 21.0 Å². The zero-order chi connectivity index (χ0) is 20.4. The number of nitrogens with zero attached hydrogens (tertiary/aromatic N) is 3. The van der Waals surface area contributed by atoms with Gasteiger partial charge in [0.15, 0.2) is 5.71 Å². The van der Waals surface area contributed by atoms with Crippen molar-refractivity contribution in [3.8, 4) is 0 Å². The van der Waals surface area contributed by atoms with Crippen molar-refractivity contribution in [2.75, 3.05) is 12.3 Å². The van der Waals surface area contributed by atoms with Crippen molar-refractivity contribution in [2.45, 2.75) is 30.5 Å². The summed E-state index contributed by atoms with van der Waals surface area (Å²) in [5.74, 6) is -2.14. The number of aromatic nitrogens is 1. The molecule has 0 saturated carbocycles. The number of carbonyl (C=O) groups excluding carboxylic acids is 2. The van der Waals surface area contributed by atoms with Crippen molar-refractivity contribution in [1.29, 1.82) is 0 Å². The maximum Gasteiger partial charge on any atom is 0.352 e. The quantitative estimate of drug-likeness (QED) is 0.344. The molecule has 2 unspecified atom stereocenters. The lowest BCUT2D eigenvalue weighted by Gasteiger charge is -2.49. The molecule has 28 heavy (non-hydrogen) atoms. The Morgan fingerprint density at radius 3 is 2.86 bits per heavy atom. The summed E-state index contributed by atoms with van der Waals surface area (Å²) in [5, 5.41) is 15.1. The van der Waals surface area contributed by atoms with E-state index in [1.165, 1.54) is 22.7 Å². The van der Waals surface area contributed by atoms with E-state index in [1.54, 1.807) is 25.1 Å². The number of carboxylic acid groups (broad SMARTS) is 1. The van der Waals surface area contributed by atoms with Crippen molar-refractivity contribution in [3.63, 3.8) is 0 Å². The summed E-state index contributed by atoms with van der Waals surface area (Å²) in [6, 6.07) is 3.85. The summed E-state index contributed by atoms with van der Waals surface area (Å²) in [6.45, 7) is 3.77. The van der Waals surface area contributed by atoms with Gasteiger partial charge >= 0.3 is 5.97 Å². The summed E-state index contributed by atoms with van der Waals surface area (Å²) in [4.78, 5) is 46.9. The molecule has 2 aliphatic rings. The average Bonchev–Trinajstić information content (AvgIpc) is 2.65. The number of nitrogens with one attached hydrogen (secondary N) is 1. The maximum atomic E-state index is 12.8. The van der Waals surface area contributed by atoms with Crippen LogP contribution in [0, 0.1) is 0 Å². The van der Waals surface area contributed by atoms with Crippen LogP contribution in [-0.2, 0) is 19.2 Å². The number of nitrogens with two attached hydrogens (primary N) is 1. The first kappa shape index (κ1) is 19.7. The minimum atomic E-state index is -1.18. The minimum absolute atomic E-state index is 0.0764. The van der Waals surface area contributed by atoms with E-state index in [-0.39, 0.29) is 34.8 Å². The first-order valence-corrected chi connectivity index (χ1v) is 9.45. The van der Waals surface area contributed by atoms with Gasteiger partial charge in [0.2, 0.25) is 0 Å². The fourth-order valence-electron chi connectivity index (χ4n) is 2.86. The number of carbonyl (C=O) groups is 3. The SMILES string of the molecule is CCON=C(C(=O)NC1C(=O)N2C(C(=O)O)=CC(C)S[C@@H]12)c1cccc(N)n1. The van der Waals surface area contributed by atoms with Gasteiger partial charge in [0.25, 0.3) is 11.8 Å². The second-order valence-corrected chi connectivity index (χ2v) is 7.55. The standard InChI is InChI=1S/C17H19N5O5S/c1-3-27-21-12(9-5-4-6-11(18)19-9)14(23)20-13-15(24)22-10(17(25)26)7-8(2)28-16(13)22/h4-8,13,16H,3H2,1-2H3,(H2,18,19)(H,20,23)(H,25,26)/t8?,13?,16-/m0/s1. The van der Waals surface area contributed by atoms with E-state index in [4.69, 9.17) is 10.6 Å². The Bertz CT molecular complexity index is 886. The molecule has 2 aliphatic heterocycles. The molecule has 1 fully saturated rings. The first-order valence-electron chi connectivity index (χ1n) is 8.50. The Balaban J connectivity index is 1.81. The van der Waals surface area contributed by atoms with Crippen LogP contribution < -0.4 is 11.1 Å². The molecule has 0 radical (unpaired) electrons. The van der Waals surface area contributed by atoms with E-state index >= 15 is 0 Å². The van der Waals surface area contributed by atoms with Crippen LogP contribution in [-0.4, -0.2) is 61.8 Å². The molecule has 4 N–H and O–H groups in total. The minimum Gasteiger partial charge on any atom is -0.477 e. The number of aliphatic carboxylic acids is 1. The molecule has 0 spiro atoms. The van der Waals surface area contributed by atoms with Gasteiger partial charge in [-0.1, -0.05) is 11.2 Å². The predicted molar refractivity (Wildman–Crippen MR) is 102 cm³/mol. The largest absolute Gasteiger partial charge is 0.477 e. The number of fused-ring (bicyclic) bond motifs is 1. The van der Waals surface area contributed by atoms with Crippen LogP contribution in [0.5, 0.6) is 0 Å². The smallest absolute Gasteiger partial charge is 0.352 e. The van der Waals surface area contributed by atoms with Crippen molar-refractivity contribution < 1.29 is 24.3 Å². The fourth-order valence-corrected chi connectivity index (χ4v) is 4.18. The number of amides is 2. The normalized spacial score (nSPS) is 24.0. The molecule has 2 amide bonds. The molecular formula is C17H19N5O5S. The molecule has 1 aromatic heterocycles. The van der Waals surface area contributed by atoms with Crippen LogP contribution in [0.2, 0.25) is 0 Å². The van der Waals surface area contributed by atoms with Crippen LogP contribution >= 0.6 is 11.8 Å². The molecule has 11 heteroatoms. The number of oxime groups is 1. The lowest BCUT2D eigenvalue weighted by molar-refractivity contribution is -0.150. The second-order valence-electron chi connectivity index (χ2n) is 6.05. The van der Waals surface area contributed by atoms with Crippen molar-refractivity contribution in [2.24, 2.45) is 5.16 Å². The van der Waals surface area contributed by atoms with Crippen LogP contribution in [0.4, 0.5) is 5.82 Å². The van der Waals surface area contributed by atoms with Crippen molar-refractivity contribution >= 4 is 41.1 Å². The summed E-state index contributed by atoms with van der Waals surface area (Å²) < 4.78 is 0. The topological polar surface area (TPSA) is 147 Å². The Morgan fingerprint density at radius 2 is 2.21 bits per heavy atom. The number of carboxylic acids is 1. The van der Waals surface area contributed by atoms with E-state index in [0.717, 1.165) is 0 Å². The number of hydrogen-bond acceptors (Lipinski definition) is 8. The molecule has 148 valence electrons. The number of nitrogen functional groups attached to an aromatic ring is 1. The molecule has 3 rings (SSSR count). The Morgan fingerprint density at radius 1 is 1.46 bits per heavy atom. The van der Waals surface area contributed by atoms with Crippen LogP contribution in [0.1, 0.15) is 19.5 Å². The summed E-state index contributed by atoms with van der Waals surface area (Å²) >= 11 is 1.38. The Kier molecular flexibility index (Phi) is 5.54. The van der Waals surface area contributed by atoms with E-state index in [0.29, 0.717) is 0 Å². The predicted octanol–water partition coefficient (Wildman–Crippen LogP) is 0.161. The zero-order valence-corrected chi connectivity index (χ0v) is 16.0. The van der Waals surface area contributed by atoms with Gasteiger partial charge in [-0.15, -0.1) is 11.8 Å². The van der Waals surface area contributed by atoms with Gasteiger partial charge in [0.05, 0.1) is 0 Å². The van der Waals surface area contributed by atoms with Crippen LogP contribution in [0.3, 0.4) is 0 Å². The summed E-state index contributed by atoms with van der Waals surface area (Å²) in [6.07, 6.45) is 1.51. The highest BCUT2D eigenvalue weighted by Gasteiger charge is 2.54. The molecule has 0 aliphatic carbocycles. The number of pyridine rings is 1. The first-order chi connectivity index (χ1) is 13.3. The third-order valence-corrected chi connectivity index (χ3v) is 5.40. The third-order valence-electron chi connectivity index (χ3n) is 4.07. The van der Waals surface area contributed by atoms with Crippen molar-refractivity contribution in [1.82, 2.24) is 15.2 Å². The second kappa shape index (κ2) is 7.89. The molecular weight excluding hydrogens is 386 g/mol. The highest BCUT2D eigenvalue weighted by atomic mass is 32.2. The molecule has 1 aromatic rings. The lowest BCUT2D eigenvalue weighted by atomic mass is 10.0. The molecule has 0 aromatic carbocycles. The van der Waals surface area contributed by atoms with E-state index in [2.05, 4.69) is 15.5 Å². The number of anilines is 1. The molecule has 3 atom stereocenters. The monoisotopic (exact) mass is 405 g/mol. The van der Waals surface area contributed by atoms with Gasteiger partial charge in [-0.25, -0.2) is 9.78 Å². The van der Waals surface area contributed by atoms with E-state index in [9.17, 15) is 19.5 Å². The maximum absolute atomic E-state index is 12.8. The molecule has 1 saturated heterocycles. The highest BCUT2D eigenvalue weighted by Crippen LogP contribution is 2.40.